The summed E-state index contributed by atoms with van der Waals surface area (Å²) in [6.45, 7) is 10.7. The largest absolute Gasteiger partial charge is 0.391 e. The Labute approximate surface area is 121 Å². The van der Waals surface area contributed by atoms with Gasteiger partial charge < -0.3 is 10.8 Å². The second-order valence-electron chi connectivity index (χ2n) is 6.15. The smallest absolute Gasteiger partial charge is 0.0758 e. The zero-order valence-electron chi connectivity index (χ0n) is 12.7. The van der Waals surface area contributed by atoms with E-state index in [1.165, 1.54) is 4.90 Å². The Morgan fingerprint density at radius 1 is 1.26 bits per heavy atom. The Balaban J connectivity index is 2.99. The molecule has 0 amide bonds. The van der Waals surface area contributed by atoms with Gasteiger partial charge in [-0.25, -0.2) is 0 Å². The van der Waals surface area contributed by atoms with Crippen LogP contribution in [0.3, 0.4) is 0 Å². The summed E-state index contributed by atoms with van der Waals surface area (Å²) >= 11 is 1.80. The Hall–Kier alpha value is -0.510. The first-order valence-corrected chi connectivity index (χ1v) is 7.79. The lowest BCUT2D eigenvalue weighted by molar-refractivity contribution is 0.0872. The van der Waals surface area contributed by atoms with Crippen molar-refractivity contribution >= 4 is 11.8 Å². The van der Waals surface area contributed by atoms with Crippen molar-refractivity contribution in [1.82, 2.24) is 0 Å². The van der Waals surface area contributed by atoms with Gasteiger partial charge in [-0.1, -0.05) is 59.2 Å². The van der Waals surface area contributed by atoms with Gasteiger partial charge in [0.05, 0.1) is 12.1 Å². The molecule has 0 aliphatic heterocycles. The highest BCUT2D eigenvalue weighted by Crippen LogP contribution is 2.37. The molecule has 3 heteroatoms. The fourth-order valence-electron chi connectivity index (χ4n) is 1.96. The summed E-state index contributed by atoms with van der Waals surface area (Å²) in [5, 5.41) is 10.3. The Morgan fingerprint density at radius 2 is 1.84 bits per heavy atom. The number of rotatable bonds is 5. The van der Waals surface area contributed by atoms with Crippen molar-refractivity contribution in [3.8, 4) is 0 Å². The van der Waals surface area contributed by atoms with E-state index in [4.69, 9.17) is 5.73 Å². The van der Waals surface area contributed by atoms with Gasteiger partial charge >= 0.3 is 0 Å². The lowest BCUT2D eigenvalue weighted by atomic mass is 9.91. The lowest BCUT2D eigenvalue weighted by Crippen LogP contribution is -2.32. The molecule has 0 fully saturated rings. The van der Waals surface area contributed by atoms with Gasteiger partial charge in [-0.05, 0) is 17.5 Å². The third-order valence-corrected chi connectivity index (χ3v) is 4.49. The van der Waals surface area contributed by atoms with E-state index in [0.717, 1.165) is 12.0 Å². The molecule has 0 radical (unpaired) electrons. The van der Waals surface area contributed by atoms with Crippen LogP contribution in [-0.2, 0) is 0 Å². The zero-order chi connectivity index (χ0) is 14.6. The number of nitrogens with two attached hydrogens (primary N) is 1. The van der Waals surface area contributed by atoms with E-state index >= 15 is 0 Å². The van der Waals surface area contributed by atoms with Gasteiger partial charge in [0.2, 0.25) is 0 Å². The van der Waals surface area contributed by atoms with E-state index < -0.39 is 6.10 Å². The summed E-state index contributed by atoms with van der Waals surface area (Å²) < 4.78 is 0.136. The molecule has 3 atom stereocenters. The molecule has 0 heterocycles. The summed E-state index contributed by atoms with van der Waals surface area (Å²) in [5.41, 5.74) is 7.32. The highest BCUT2D eigenvalue weighted by Gasteiger charge is 2.25. The van der Waals surface area contributed by atoms with E-state index in [1.807, 2.05) is 25.1 Å². The Morgan fingerprint density at radius 3 is 2.37 bits per heavy atom. The van der Waals surface area contributed by atoms with Crippen LogP contribution in [0.25, 0.3) is 0 Å². The van der Waals surface area contributed by atoms with Crippen LogP contribution >= 0.6 is 11.8 Å². The van der Waals surface area contributed by atoms with Crippen LogP contribution in [0.15, 0.2) is 29.2 Å². The number of hydrogen-bond acceptors (Lipinski definition) is 3. The molecule has 3 N–H and O–H groups in total. The Bertz CT molecular complexity index is 400. The van der Waals surface area contributed by atoms with E-state index in [-0.39, 0.29) is 16.7 Å². The average Bonchev–Trinajstić information content (AvgIpc) is 2.35. The van der Waals surface area contributed by atoms with E-state index in [2.05, 4.69) is 33.8 Å². The number of aliphatic hydroxyl groups is 1. The van der Waals surface area contributed by atoms with E-state index in [1.54, 1.807) is 11.8 Å². The normalized spacial score (nSPS) is 17.0. The highest BCUT2D eigenvalue weighted by atomic mass is 32.2. The van der Waals surface area contributed by atoms with Crippen LogP contribution in [-0.4, -0.2) is 16.0 Å². The van der Waals surface area contributed by atoms with Crippen LogP contribution in [0, 0.1) is 5.92 Å². The van der Waals surface area contributed by atoms with E-state index in [0.29, 0.717) is 0 Å². The van der Waals surface area contributed by atoms with Gasteiger partial charge in [-0.3, -0.25) is 0 Å². The van der Waals surface area contributed by atoms with Crippen LogP contribution < -0.4 is 5.73 Å². The van der Waals surface area contributed by atoms with Gasteiger partial charge in [0.1, 0.15) is 0 Å². The molecule has 1 aromatic rings. The molecule has 0 aliphatic carbocycles. The number of benzene rings is 1. The third kappa shape index (κ3) is 4.83. The molecule has 1 unspecified atom stereocenters. The molecule has 2 nitrogen and oxygen atoms in total. The SMILES string of the molecule is CCC(C)[C@H](O)[C@H](N)c1ccccc1SC(C)(C)C. The maximum atomic E-state index is 10.3. The summed E-state index contributed by atoms with van der Waals surface area (Å²) in [7, 11) is 0. The summed E-state index contributed by atoms with van der Waals surface area (Å²) in [5.74, 6) is 0.211. The molecule has 0 saturated carbocycles. The maximum absolute atomic E-state index is 10.3. The number of thioether (sulfide) groups is 1. The first kappa shape index (κ1) is 16.5. The molecular weight excluding hydrogens is 254 g/mol. The summed E-state index contributed by atoms with van der Waals surface area (Å²) in [6, 6.07) is 7.82. The predicted molar refractivity (Wildman–Crippen MR) is 84.4 cm³/mol. The molecular formula is C16H27NOS. The fourth-order valence-corrected chi connectivity index (χ4v) is 3.09. The zero-order valence-corrected chi connectivity index (χ0v) is 13.5. The summed E-state index contributed by atoms with van der Waals surface area (Å²) in [6.07, 6.45) is 0.440. The van der Waals surface area contributed by atoms with Crippen molar-refractivity contribution in [3.63, 3.8) is 0 Å². The fraction of sp³-hybridized carbons (Fsp3) is 0.625. The molecule has 0 saturated heterocycles. The average molecular weight is 281 g/mol. The minimum absolute atomic E-state index is 0.136. The van der Waals surface area contributed by atoms with Gasteiger partial charge in [-0.15, -0.1) is 11.8 Å². The highest BCUT2D eigenvalue weighted by molar-refractivity contribution is 8.00. The predicted octanol–water partition coefficient (Wildman–Crippen LogP) is 3.98. The Kier molecular flexibility index (Phi) is 5.90. The molecule has 0 aliphatic rings. The van der Waals surface area contributed by atoms with Crippen LogP contribution in [0.5, 0.6) is 0 Å². The van der Waals surface area contributed by atoms with Crippen LogP contribution in [0.1, 0.15) is 52.6 Å². The van der Waals surface area contributed by atoms with Crippen molar-refractivity contribution < 1.29 is 5.11 Å². The van der Waals surface area contributed by atoms with Crippen LogP contribution in [0.4, 0.5) is 0 Å². The standard InChI is InChI=1S/C16H27NOS/c1-6-11(2)15(18)14(17)12-9-7-8-10-13(12)19-16(3,4)5/h7-11,14-15,18H,6,17H2,1-5H3/t11?,14-,15+/m1/s1. The van der Waals surface area contributed by atoms with Gasteiger partial charge in [0.15, 0.2) is 0 Å². The van der Waals surface area contributed by atoms with Crippen molar-refractivity contribution in [2.45, 2.75) is 62.8 Å². The second-order valence-corrected chi connectivity index (χ2v) is 8.02. The minimum Gasteiger partial charge on any atom is -0.391 e. The second kappa shape index (κ2) is 6.78. The molecule has 0 spiro atoms. The monoisotopic (exact) mass is 281 g/mol. The van der Waals surface area contributed by atoms with Crippen molar-refractivity contribution in [2.24, 2.45) is 11.7 Å². The topological polar surface area (TPSA) is 46.2 Å². The van der Waals surface area contributed by atoms with E-state index in [9.17, 15) is 5.11 Å². The molecule has 0 bridgehead atoms. The molecule has 1 rings (SSSR count). The molecule has 1 aromatic carbocycles. The summed E-state index contributed by atoms with van der Waals surface area (Å²) in [4.78, 5) is 1.17. The van der Waals surface area contributed by atoms with Crippen molar-refractivity contribution in [3.05, 3.63) is 29.8 Å². The van der Waals surface area contributed by atoms with Gasteiger partial charge in [0.25, 0.3) is 0 Å². The van der Waals surface area contributed by atoms with Crippen molar-refractivity contribution in [2.75, 3.05) is 0 Å². The minimum atomic E-state index is -0.494. The number of hydrogen-bond donors (Lipinski definition) is 2. The first-order chi connectivity index (χ1) is 8.76. The number of aliphatic hydroxyl groups excluding tert-OH is 1. The maximum Gasteiger partial charge on any atom is 0.0758 e. The van der Waals surface area contributed by atoms with Gasteiger partial charge in [0, 0.05) is 9.64 Å². The quantitative estimate of drug-likeness (QED) is 0.802. The van der Waals surface area contributed by atoms with Crippen LogP contribution in [0.2, 0.25) is 0 Å². The first-order valence-electron chi connectivity index (χ1n) is 6.98. The molecule has 0 aromatic heterocycles. The molecule has 19 heavy (non-hydrogen) atoms. The lowest BCUT2D eigenvalue weighted by Gasteiger charge is -2.27. The van der Waals surface area contributed by atoms with Gasteiger partial charge in [-0.2, -0.15) is 0 Å². The third-order valence-electron chi connectivity index (χ3n) is 3.29. The molecule has 108 valence electrons. The van der Waals surface area contributed by atoms with Crippen molar-refractivity contribution in [1.29, 1.82) is 0 Å².